The van der Waals surface area contributed by atoms with Gasteiger partial charge in [0.1, 0.15) is 6.61 Å². The molecule has 0 bridgehead atoms. The fourth-order valence-electron chi connectivity index (χ4n) is 1.75. The lowest BCUT2D eigenvalue weighted by Crippen LogP contribution is -2.27. The van der Waals surface area contributed by atoms with Crippen molar-refractivity contribution < 1.29 is 4.74 Å². The summed E-state index contributed by atoms with van der Waals surface area (Å²) in [5.74, 6) is 1.49. The molecule has 0 spiro atoms. The van der Waals surface area contributed by atoms with Crippen molar-refractivity contribution in [3.8, 4) is 0 Å². The molecule has 1 atom stereocenters. The fourth-order valence-corrected chi connectivity index (χ4v) is 1.75. The van der Waals surface area contributed by atoms with Gasteiger partial charge in [0.25, 0.3) is 0 Å². The Balaban J connectivity index is 1.92. The number of ether oxygens (including phenoxy) is 1. The molecule has 1 aliphatic heterocycles. The molecule has 1 aromatic heterocycles. The van der Waals surface area contributed by atoms with Gasteiger partial charge in [-0.05, 0) is 27.2 Å². The Hall–Kier alpha value is -1.14. The second kappa shape index (κ2) is 4.62. The van der Waals surface area contributed by atoms with Crippen LogP contribution in [0.1, 0.15) is 33.0 Å². The largest absolute Gasteiger partial charge is 0.368 e. The zero-order valence-corrected chi connectivity index (χ0v) is 10.7. The molecule has 0 radical (unpaired) electrons. The third-order valence-electron chi connectivity index (χ3n) is 2.67. The van der Waals surface area contributed by atoms with Gasteiger partial charge in [0.15, 0.2) is 5.82 Å². The van der Waals surface area contributed by atoms with Crippen molar-refractivity contribution in [2.75, 3.05) is 18.0 Å². The van der Waals surface area contributed by atoms with Gasteiger partial charge in [-0.3, -0.25) is 5.10 Å². The molecule has 96 valence electrons. The van der Waals surface area contributed by atoms with Crippen molar-refractivity contribution >= 4 is 5.95 Å². The van der Waals surface area contributed by atoms with Gasteiger partial charge in [0.2, 0.25) is 5.95 Å². The summed E-state index contributed by atoms with van der Waals surface area (Å²) in [7, 11) is 0. The Kier molecular flexibility index (Phi) is 3.35. The number of aromatic amines is 1. The van der Waals surface area contributed by atoms with Gasteiger partial charge in [0, 0.05) is 19.1 Å². The molecule has 0 amide bonds. The number of hydrogen-bond donors (Lipinski definition) is 2. The molecular formula is C11H21N5O. The minimum absolute atomic E-state index is 0.164. The molecule has 3 N–H and O–H groups in total. The number of H-pyrrole nitrogens is 1. The van der Waals surface area contributed by atoms with Crippen LogP contribution in [0.2, 0.25) is 0 Å². The summed E-state index contributed by atoms with van der Waals surface area (Å²) in [5, 5.41) is 7.09. The Labute approximate surface area is 102 Å². The Morgan fingerprint density at radius 3 is 2.88 bits per heavy atom. The second-order valence-electron chi connectivity index (χ2n) is 5.48. The van der Waals surface area contributed by atoms with Crippen LogP contribution in [-0.4, -0.2) is 39.9 Å². The molecule has 2 rings (SSSR count). The van der Waals surface area contributed by atoms with Crippen LogP contribution in [0, 0.1) is 0 Å². The first-order valence-electron chi connectivity index (χ1n) is 6.00. The van der Waals surface area contributed by atoms with Crippen molar-refractivity contribution in [3.05, 3.63) is 5.82 Å². The Morgan fingerprint density at radius 2 is 2.29 bits per heavy atom. The predicted octanol–water partition coefficient (Wildman–Crippen LogP) is 0.657. The lowest BCUT2D eigenvalue weighted by atomic mass is 10.2. The summed E-state index contributed by atoms with van der Waals surface area (Å²) in [4.78, 5) is 6.51. The summed E-state index contributed by atoms with van der Waals surface area (Å²) in [5.41, 5.74) is 5.69. The summed E-state index contributed by atoms with van der Waals surface area (Å²) in [6.07, 6.45) is 1.00. The van der Waals surface area contributed by atoms with Crippen LogP contribution >= 0.6 is 0 Å². The van der Waals surface area contributed by atoms with Gasteiger partial charge >= 0.3 is 0 Å². The quantitative estimate of drug-likeness (QED) is 0.810. The van der Waals surface area contributed by atoms with Crippen molar-refractivity contribution in [2.45, 2.75) is 45.4 Å². The van der Waals surface area contributed by atoms with Gasteiger partial charge < -0.3 is 15.4 Å². The van der Waals surface area contributed by atoms with E-state index in [1.807, 2.05) is 20.8 Å². The monoisotopic (exact) mass is 239 g/mol. The van der Waals surface area contributed by atoms with E-state index >= 15 is 0 Å². The molecule has 0 saturated carbocycles. The molecule has 1 saturated heterocycles. The lowest BCUT2D eigenvalue weighted by molar-refractivity contribution is -0.0179. The smallest absolute Gasteiger partial charge is 0.244 e. The minimum atomic E-state index is -0.164. The molecule has 1 unspecified atom stereocenters. The van der Waals surface area contributed by atoms with Gasteiger partial charge in [-0.2, -0.15) is 4.98 Å². The summed E-state index contributed by atoms with van der Waals surface area (Å²) in [6.45, 7) is 8.27. The van der Waals surface area contributed by atoms with Crippen LogP contribution in [0.3, 0.4) is 0 Å². The third kappa shape index (κ3) is 3.41. The average Bonchev–Trinajstić information content (AvgIpc) is 2.81. The van der Waals surface area contributed by atoms with Crippen LogP contribution in [0.25, 0.3) is 0 Å². The number of anilines is 1. The molecular weight excluding hydrogens is 218 g/mol. The number of nitrogens with zero attached hydrogens (tertiary/aromatic N) is 3. The first-order valence-corrected chi connectivity index (χ1v) is 6.00. The third-order valence-corrected chi connectivity index (χ3v) is 2.67. The highest BCUT2D eigenvalue weighted by Crippen LogP contribution is 2.16. The normalized spacial score (nSPS) is 21.2. The molecule has 6 nitrogen and oxygen atoms in total. The highest BCUT2D eigenvalue weighted by molar-refractivity contribution is 5.31. The number of hydrogen-bond acceptors (Lipinski definition) is 5. The van der Waals surface area contributed by atoms with Gasteiger partial charge in [-0.25, -0.2) is 0 Å². The SMILES string of the molecule is CC(C)(C)OCc1nc(N2CCC(N)C2)n[nH]1. The first-order chi connectivity index (χ1) is 7.94. The standard InChI is InChI=1S/C11H21N5O/c1-11(2,3)17-7-9-13-10(15-14-9)16-5-4-8(12)6-16/h8H,4-7,12H2,1-3H3,(H,13,14,15). The van der Waals surface area contributed by atoms with E-state index in [-0.39, 0.29) is 11.6 Å². The molecule has 0 aliphatic carbocycles. The molecule has 0 aromatic carbocycles. The minimum Gasteiger partial charge on any atom is -0.368 e. The van der Waals surface area contributed by atoms with Crippen LogP contribution < -0.4 is 10.6 Å². The molecule has 1 fully saturated rings. The Morgan fingerprint density at radius 1 is 1.53 bits per heavy atom. The molecule has 17 heavy (non-hydrogen) atoms. The topological polar surface area (TPSA) is 80.1 Å². The van der Waals surface area contributed by atoms with E-state index in [4.69, 9.17) is 10.5 Å². The number of rotatable bonds is 3. The maximum absolute atomic E-state index is 5.85. The fraction of sp³-hybridized carbons (Fsp3) is 0.818. The van der Waals surface area contributed by atoms with E-state index in [1.165, 1.54) is 0 Å². The first kappa shape index (κ1) is 12.3. The zero-order valence-electron chi connectivity index (χ0n) is 10.7. The van der Waals surface area contributed by atoms with Crippen molar-refractivity contribution in [2.24, 2.45) is 5.73 Å². The van der Waals surface area contributed by atoms with E-state index in [0.717, 1.165) is 31.3 Å². The Bertz CT molecular complexity index is 370. The van der Waals surface area contributed by atoms with E-state index in [1.54, 1.807) is 0 Å². The van der Waals surface area contributed by atoms with Gasteiger partial charge in [-0.15, -0.1) is 5.10 Å². The molecule has 1 aliphatic rings. The van der Waals surface area contributed by atoms with Crippen LogP contribution in [0.5, 0.6) is 0 Å². The number of nitrogens with two attached hydrogens (primary N) is 1. The van der Waals surface area contributed by atoms with Crippen molar-refractivity contribution in [1.29, 1.82) is 0 Å². The maximum atomic E-state index is 5.85. The van der Waals surface area contributed by atoms with Crippen LogP contribution in [0.4, 0.5) is 5.95 Å². The van der Waals surface area contributed by atoms with Crippen LogP contribution in [0.15, 0.2) is 0 Å². The molecule has 6 heteroatoms. The van der Waals surface area contributed by atoms with E-state index < -0.39 is 0 Å². The van der Waals surface area contributed by atoms with Gasteiger partial charge in [-0.1, -0.05) is 0 Å². The van der Waals surface area contributed by atoms with Gasteiger partial charge in [0.05, 0.1) is 5.60 Å². The van der Waals surface area contributed by atoms with Crippen molar-refractivity contribution in [3.63, 3.8) is 0 Å². The lowest BCUT2D eigenvalue weighted by Gasteiger charge is -2.18. The van der Waals surface area contributed by atoms with E-state index in [2.05, 4.69) is 20.1 Å². The number of aromatic nitrogens is 3. The number of nitrogens with one attached hydrogen (secondary N) is 1. The summed E-state index contributed by atoms with van der Waals surface area (Å²) < 4.78 is 5.64. The molecule has 2 heterocycles. The summed E-state index contributed by atoms with van der Waals surface area (Å²) >= 11 is 0. The van der Waals surface area contributed by atoms with E-state index in [0.29, 0.717) is 6.61 Å². The van der Waals surface area contributed by atoms with E-state index in [9.17, 15) is 0 Å². The summed E-state index contributed by atoms with van der Waals surface area (Å²) in [6, 6.07) is 0.239. The highest BCUT2D eigenvalue weighted by atomic mass is 16.5. The van der Waals surface area contributed by atoms with Crippen molar-refractivity contribution in [1.82, 2.24) is 15.2 Å². The highest BCUT2D eigenvalue weighted by Gasteiger charge is 2.22. The maximum Gasteiger partial charge on any atom is 0.244 e. The predicted molar refractivity (Wildman–Crippen MR) is 65.7 cm³/mol. The van der Waals surface area contributed by atoms with Crippen LogP contribution in [-0.2, 0) is 11.3 Å². The average molecular weight is 239 g/mol. The second-order valence-corrected chi connectivity index (χ2v) is 5.48. The zero-order chi connectivity index (χ0) is 12.5. The molecule has 1 aromatic rings.